The average molecular weight is 1310 g/mol. The fourth-order valence-electron chi connectivity index (χ4n) is 9.97. The topological polar surface area (TPSA) is 77.3 Å². The zero-order chi connectivity index (χ0) is 73.9. The average Bonchev–Trinajstić information content (AvgIpc) is 1.11. The van der Waals surface area contributed by atoms with Gasteiger partial charge in [-0.3, -0.25) is 29.9 Å². The molecule has 0 aliphatic heterocycles. The van der Waals surface area contributed by atoms with Crippen LogP contribution in [0, 0.1) is 96.9 Å². The number of pyridine rings is 6. The Morgan fingerprint density at radius 1 is 0.194 bits per heavy atom. The van der Waals surface area contributed by atoms with Crippen molar-refractivity contribution in [3.63, 3.8) is 0 Å². The molecule has 0 radical (unpaired) electrons. The predicted octanol–water partition coefficient (Wildman–Crippen LogP) is 27.7. The second-order valence-corrected chi connectivity index (χ2v) is 21.7. The molecule has 0 spiro atoms. The van der Waals surface area contributed by atoms with Crippen molar-refractivity contribution in [3.8, 4) is 0 Å². The van der Waals surface area contributed by atoms with E-state index in [1.807, 2.05) is 190 Å². The number of benzene rings is 8. The third-order valence-electron chi connectivity index (χ3n) is 16.4. The number of hydrogen-bond donors (Lipinski definition) is 0. The highest BCUT2D eigenvalue weighted by Crippen LogP contribution is 2.25. The number of aromatic nitrogens is 6. The van der Waals surface area contributed by atoms with E-state index in [0.717, 1.165) is 22.2 Å². The highest BCUT2D eigenvalue weighted by Gasteiger charge is 2.04. The first-order chi connectivity index (χ1) is 47.5. The SMILES string of the molecule is CC.CC.CC.CC.CC.CC.CC.Cc1ccc2ccccc2c1C.Cc1ccc2cccnc2c1C.Cc1ccc2ccncc2c1C.Cc1ccc2cnccc2c1C.Cc1ccc2ncccc2c1C.Cc1cnc2ccccc2c1C.Cc1ncc2ccccc2c1C. The van der Waals surface area contributed by atoms with Gasteiger partial charge in [-0.15, -0.1) is 0 Å². The van der Waals surface area contributed by atoms with Crippen LogP contribution in [0.1, 0.15) is 175 Å². The quantitative estimate of drug-likeness (QED) is 0.151. The van der Waals surface area contributed by atoms with E-state index in [-0.39, 0.29) is 0 Å². The monoisotopic (exact) mass is 1310 g/mol. The summed E-state index contributed by atoms with van der Waals surface area (Å²) < 4.78 is 0. The van der Waals surface area contributed by atoms with E-state index in [9.17, 15) is 0 Å². The van der Waals surface area contributed by atoms with Gasteiger partial charge in [-0.1, -0.05) is 230 Å². The van der Waals surface area contributed by atoms with Crippen molar-refractivity contribution in [3.05, 3.63) is 297 Å². The number of fused-ring (bicyclic) bond motifs is 7. The zero-order valence-electron chi connectivity index (χ0n) is 65.5. The van der Waals surface area contributed by atoms with Crippen molar-refractivity contribution in [1.82, 2.24) is 29.9 Å². The number of para-hydroxylation sites is 1. The molecule has 0 bridgehead atoms. The summed E-state index contributed by atoms with van der Waals surface area (Å²) >= 11 is 0. The molecule has 0 atom stereocenters. The van der Waals surface area contributed by atoms with Gasteiger partial charge in [0.2, 0.25) is 0 Å². The van der Waals surface area contributed by atoms with Gasteiger partial charge in [0.1, 0.15) is 0 Å². The Hall–Kier alpha value is -9.52. The van der Waals surface area contributed by atoms with Crippen LogP contribution in [-0.4, -0.2) is 29.9 Å². The molecule has 0 amide bonds. The van der Waals surface area contributed by atoms with Crippen LogP contribution in [-0.2, 0) is 0 Å². The first-order valence-electron chi connectivity index (χ1n) is 35.8. The number of rotatable bonds is 0. The van der Waals surface area contributed by atoms with Crippen molar-refractivity contribution in [1.29, 1.82) is 0 Å². The Balaban J connectivity index is 0.000000554. The lowest BCUT2D eigenvalue weighted by atomic mass is 10.0. The van der Waals surface area contributed by atoms with Crippen LogP contribution in [0.2, 0.25) is 0 Å². The Morgan fingerprint density at radius 2 is 0.551 bits per heavy atom. The normalized spacial score (nSPS) is 9.43. The number of nitrogens with zero attached hydrogens (tertiary/aromatic N) is 6. The number of aryl methyl sites for hydroxylation is 14. The maximum Gasteiger partial charge on any atom is 0.0733 e. The second-order valence-electron chi connectivity index (χ2n) is 21.7. The van der Waals surface area contributed by atoms with Gasteiger partial charge in [-0.25, -0.2) is 0 Å². The van der Waals surface area contributed by atoms with Crippen LogP contribution in [0.3, 0.4) is 0 Å². The summed E-state index contributed by atoms with van der Waals surface area (Å²) in [6.45, 7) is 57.8. The molecule has 14 aromatic rings. The molecule has 518 valence electrons. The highest BCUT2D eigenvalue weighted by atomic mass is 14.7. The van der Waals surface area contributed by atoms with Gasteiger partial charge in [0.25, 0.3) is 0 Å². The largest absolute Gasteiger partial charge is 0.264 e. The van der Waals surface area contributed by atoms with Crippen LogP contribution in [0.4, 0.5) is 0 Å². The first-order valence-corrected chi connectivity index (χ1v) is 35.8. The Labute approximate surface area is 593 Å². The molecule has 0 saturated heterocycles. The summed E-state index contributed by atoms with van der Waals surface area (Å²) in [5, 5.41) is 14.1. The van der Waals surface area contributed by atoms with Crippen LogP contribution < -0.4 is 0 Å². The van der Waals surface area contributed by atoms with Crippen LogP contribution in [0.15, 0.2) is 219 Å². The molecule has 0 saturated carbocycles. The summed E-state index contributed by atoms with van der Waals surface area (Å²) in [6.07, 6.45) is 15.0. The van der Waals surface area contributed by atoms with Gasteiger partial charge in [-0.2, -0.15) is 0 Å². The molecule has 0 N–H and O–H groups in total. The molecule has 0 fully saturated rings. The Kier molecular flexibility index (Phi) is 42.6. The minimum Gasteiger partial charge on any atom is -0.264 e. The minimum absolute atomic E-state index is 1.08. The third kappa shape index (κ3) is 25.2. The second kappa shape index (κ2) is 48.2. The van der Waals surface area contributed by atoms with E-state index in [1.165, 1.54) is 132 Å². The van der Waals surface area contributed by atoms with Gasteiger partial charge >= 0.3 is 0 Å². The lowest BCUT2D eigenvalue weighted by Crippen LogP contribution is -1.87. The van der Waals surface area contributed by atoms with Crippen molar-refractivity contribution in [2.45, 2.75) is 194 Å². The molecule has 6 heterocycles. The predicted molar refractivity (Wildman–Crippen MR) is 440 cm³/mol. The van der Waals surface area contributed by atoms with Crippen molar-refractivity contribution >= 4 is 75.8 Å². The summed E-state index contributed by atoms with van der Waals surface area (Å²) in [7, 11) is 0. The number of hydrogen-bond acceptors (Lipinski definition) is 6. The molecule has 6 heteroatoms. The van der Waals surface area contributed by atoms with E-state index >= 15 is 0 Å². The van der Waals surface area contributed by atoms with Crippen LogP contribution in [0.25, 0.3) is 75.8 Å². The third-order valence-corrected chi connectivity index (χ3v) is 16.4. The maximum absolute atomic E-state index is 4.34. The summed E-state index contributed by atoms with van der Waals surface area (Å²) in [5.41, 5.74) is 21.7. The molecular formula is C92H120N6. The molecule has 6 nitrogen and oxygen atoms in total. The highest BCUT2D eigenvalue weighted by molar-refractivity contribution is 5.89. The van der Waals surface area contributed by atoms with Crippen molar-refractivity contribution in [2.24, 2.45) is 0 Å². The van der Waals surface area contributed by atoms with E-state index in [0.29, 0.717) is 0 Å². The zero-order valence-corrected chi connectivity index (χ0v) is 65.5. The van der Waals surface area contributed by atoms with E-state index < -0.39 is 0 Å². The van der Waals surface area contributed by atoms with Gasteiger partial charge < -0.3 is 0 Å². The van der Waals surface area contributed by atoms with Gasteiger partial charge in [-0.05, 0) is 233 Å². The fourth-order valence-corrected chi connectivity index (χ4v) is 9.97. The van der Waals surface area contributed by atoms with Crippen LogP contribution >= 0.6 is 0 Å². The minimum atomic E-state index is 1.08. The maximum atomic E-state index is 4.34. The first kappa shape index (κ1) is 86.5. The lowest BCUT2D eigenvalue weighted by Gasteiger charge is -2.04. The van der Waals surface area contributed by atoms with E-state index in [2.05, 4.69) is 253 Å². The van der Waals surface area contributed by atoms with E-state index in [1.54, 1.807) is 0 Å². The molecule has 0 aliphatic rings. The molecule has 0 aliphatic carbocycles. The van der Waals surface area contributed by atoms with Crippen molar-refractivity contribution in [2.75, 3.05) is 0 Å². The molecule has 0 unspecified atom stereocenters. The standard InChI is InChI=1S/C12H12.6C11H11N.7C2H6/c1-9-7-8-11-5-3-4-6-12(11)10(9)2;1-8-3-4-10-7-12-6-5-11(10)9(8)2;1-8-3-4-10-5-6-12-7-11(10)9(8)2;1-8-5-6-11-10(9(8)2)4-3-7-12-11;1-8-5-6-10-4-3-7-12-11(10)9(8)2;1-8-9(2)12-7-10-5-3-4-6-11(8)10;1-8-7-12-11-6-4-3-5-10(11)9(8)2;7*1-2/h3-8H,1-2H3;6*3-7H,1-2H3;7*1-2H3. The molecule has 98 heavy (non-hydrogen) atoms. The summed E-state index contributed by atoms with van der Waals surface area (Å²) in [4.78, 5) is 25.5. The lowest BCUT2D eigenvalue weighted by molar-refractivity contribution is 1.18. The molecular weight excluding hydrogens is 1190 g/mol. The van der Waals surface area contributed by atoms with Gasteiger partial charge in [0.15, 0.2) is 0 Å². The molecule has 8 aromatic carbocycles. The summed E-state index contributed by atoms with van der Waals surface area (Å²) in [6, 6.07) is 58.7. The fraction of sp³-hybridized carbons (Fsp3) is 0.304. The van der Waals surface area contributed by atoms with Gasteiger partial charge in [0.05, 0.1) is 16.6 Å². The Bertz CT molecular complexity index is 3740. The van der Waals surface area contributed by atoms with E-state index in [4.69, 9.17) is 0 Å². The summed E-state index contributed by atoms with van der Waals surface area (Å²) in [5.74, 6) is 0. The Morgan fingerprint density at radius 3 is 1.13 bits per heavy atom. The van der Waals surface area contributed by atoms with Crippen molar-refractivity contribution < 1.29 is 0 Å². The molecule has 6 aromatic heterocycles. The smallest absolute Gasteiger partial charge is 0.0733 e. The molecule has 14 rings (SSSR count). The van der Waals surface area contributed by atoms with Crippen LogP contribution in [0.5, 0.6) is 0 Å². The van der Waals surface area contributed by atoms with Gasteiger partial charge in [0, 0.05) is 87.6 Å².